The fourth-order valence-electron chi connectivity index (χ4n) is 3.24. The summed E-state index contributed by atoms with van der Waals surface area (Å²) in [7, 11) is 0. The van der Waals surface area contributed by atoms with Crippen LogP contribution in [0.15, 0.2) is 65.4 Å². The summed E-state index contributed by atoms with van der Waals surface area (Å²) in [6, 6.07) is 10.8. The molecule has 0 aliphatic heterocycles. The molecule has 4 aromatic rings. The Labute approximate surface area is 206 Å². The van der Waals surface area contributed by atoms with Gasteiger partial charge in [-0.3, -0.25) is 9.78 Å². The van der Waals surface area contributed by atoms with Crippen molar-refractivity contribution < 1.29 is 27.6 Å². The van der Waals surface area contributed by atoms with Crippen LogP contribution >= 0.6 is 23.2 Å². The number of phenolic OH excluding ortho intramolecular Hbond substituents is 1. The molecule has 0 bridgehead atoms. The van der Waals surface area contributed by atoms with Gasteiger partial charge in [-0.2, -0.15) is 18.2 Å². The summed E-state index contributed by atoms with van der Waals surface area (Å²) in [4.78, 5) is 22.6. The highest BCUT2D eigenvalue weighted by Crippen LogP contribution is 2.35. The molecule has 1 N–H and O–H groups in total. The van der Waals surface area contributed by atoms with Gasteiger partial charge in [-0.05, 0) is 41.5 Å². The minimum atomic E-state index is -4.53. The largest absolute Gasteiger partial charge is 0.505 e. The van der Waals surface area contributed by atoms with Crippen molar-refractivity contribution in [3.63, 3.8) is 0 Å². The second-order valence-electron chi connectivity index (χ2n) is 7.43. The Bertz CT molecular complexity index is 1340. The van der Waals surface area contributed by atoms with Gasteiger partial charge in [0.1, 0.15) is 0 Å². The molecule has 0 aliphatic rings. The predicted molar refractivity (Wildman–Crippen MR) is 121 cm³/mol. The van der Waals surface area contributed by atoms with E-state index >= 15 is 0 Å². The molecule has 4 rings (SSSR count). The third-order valence-electron chi connectivity index (χ3n) is 4.90. The van der Waals surface area contributed by atoms with Gasteiger partial charge in [-0.15, -0.1) is 0 Å². The minimum absolute atomic E-state index is 0.0162. The molecule has 180 valence electrons. The van der Waals surface area contributed by atoms with Crippen molar-refractivity contribution >= 4 is 29.1 Å². The average molecular weight is 523 g/mol. The molecule has 0 saturated heterocycles. The summed E-state index contributed by atoms with van der Waals surface area (Å²) in [5.74, 6) is -1.43. The summed E-state index contributed by atoms with van der Waals surface area (Å²) >= 11 is 11.9. The number of nitrogens with zero attached hydrogens (tertiary/aromatic N) is 4. The van der Waals surface area contributed by atoms with Crippen LogP contribution in [0.1, 0.15) is 27.4 Å². The molecule has 2 heterocycles. The second kappa shape index (κ2) is 9.93. The summed E-state index contributed by atoms with van der Waals surface area (Å²) in [6.07, 6.45) is -1.44. The highest BCUT2D eigenvalue weighted by Gasteiger charge is 2.31. The number of carbonyl (C=O) groups excluding carboxylic acids is 1. The molecule has 2 aromatic heterocycles. The lowest BCUT2D eigenvalue weighted by atomic mass is 10.1. The molecule has 35 heavy (non-hydrogen) atoms. The van der Waals surface area contributed by atoms with Crippen LogP contribution in [0.5, 0.6) is 5.75 Å². The molecule has 7 nitrogen and oxygen atoms in total. The average Bonchev–Trinajstić information content (AvgIpc) is 3.32. The monoisotopic (exact) mass is 522 g/mol. The van der Waals surface area contributed by atoms with Crippen molar-refractivity contribution in [1.82, 2.24) is 20.0 Å². The van der Waals surface area contributed by atoms with Crippen molar-refractivity contribution in [2.45, 2.75) is 19.3 Å². The van der Waals surface area contributed by atoms with Gasteiger partial charge in [0.2, 0.25) is 5.82 Å². The molecule has 0 radical (unpaired) electrons. The lowest BCUT2D eigenvalue weighted by Crippen LogP contribution is -2.30. The van der Waals surface area contributed by atoms with Crippen LogP contribution in [-0.4, -0.2) is 31.0 Å². The number of halogens is 5. The quantitative estimate of drug-likeness (QED) is 0.333. The summed E-state index contributed by atoms with van der Waals surface area (Å²) in [5, 5.41) is 13.4. The number of hydrogen-bond acceptors (Lipinski definition) is 6. The van der Waals surface area contributed by atoms with E-state index in [1.807, 2.05) is 0 Å². The molecular weight excluding hydrogens is 508 g/mol. The van der Waals surface area contributed by atoms with Crippen LogP contribution in [0.4, 0.5) is 13.2 Å². The van der Waals surface area contributed by atoms with Crippen LogP contribution in [-0.2, 0) is 19.3 Å². The van der Waals surface area contributed by atoms with E-state index in [0.717, 1.165) is 12.1 Å². The Morgan fingerprint density at radius 1 is 1.03 bits per heavy atom. The Balaban J connectivity index is 1.65. The summed E-state index contributed by atoms with van der Waals surface area (Å²) < 4.78 is 44.6. The van der Waals surface area contributed by atoms with E-state index < -0.39 is 23.5 Å². The van der Waals surface area contributed by atoms with E-state index in [1.54, 1.807) is 18.3 Å². The van der Waals surface area contributed by atoms with Gasteiger partial charge in [0.25, 0.3) is 0 Å². The second-order valence-corrected chi connectivity index (χ2v) is 8.25. The Hall–Kier alpha value is -3.63. The van der Waals surface area contributed by atoms with Crippen molar-refractivity contribution in [3.05, 3.63) is 93.6 Å². The van der Waals surface area contributed by atoms with Gasteiger partial charge in [0, 0.05) is 31.0 Å². The highest BCUT2D eigenvalue weighted by molar-refractivity contribution is 6.37. The summed E-state index contributed by atoms with van der Waals surface area (Å²) in [5.41, 5.74) is 0.362. The minimum Gasteiger partial charge on any atom is -0.505 e. The SMILES string of the molecule is O=C(c1nc(-c2cc(Cl)c(O)c(Cl)c2)no1)N(Cc1cccnc1)Cc1cccc(C(F)(F)F)c1. The van der Waals surface area contributed by atoms with E-state index in [4.69, 9.17) is 27.7 Å². The molecule has 0 unspecified atom stereocenters. The molecule has 0 fully saturated rings. The van der Waals surface area contributed by atoms with E-state index in [1.165, 1.54) is 35.4 Å². The molecular formula is C23H15Cl2F3N4O3. The Kier molecular flexibility index (Phi) is 6.95. The van der Waals surface area contributed by atoms with Gasteiger partial charge in [0.15, 0.2) is 5.75 Å². The first-order valence-electron chi connectivity index (χ1n) is 9.98. The maximum absolute atomic E-state index is 13.3. The number of aromatic hydroxyl groups is 1. The molecule has 0 spiro atoms. The molecule has 0 atom stereocenters. The fourth-order valence-corrected chi connectivity index (χ4v) is 3.72. The van der Waals surface area contributed by atoms with Crippen LogP contribution < -0.4 is 0 Å². The van der Waals surface area contributed by atoms with Crippen LogP contribution in [0.2, 0.25) is 10.0 Å². The number of phenols is 1. The Morgan fingerprint density at radius 2 is 1.71 bits per heavy atom. The predicted octanol–water partition coefficient (Wildman–Crippen LogP) is 6.01. The topological polar surface area (TPSA) is 92.3 Å². The standard InChI is InChI=1S/C23H15Cl2F3N4O3/c24-17-8-15(9-18(25)19(17)33)20-30-21(35-31-20)22(34)32(12-14-4-2-6-29-10-14)11-13-3-1-5-16(7-13)23(26,27)28/h1-10,33H,11-12H2. The molecule has 12 heteroatoms. The third kappa shape index (κ3) is 5.72. The van der Waals surface area contributed by atoms with Crippen LogP contribution in [0, 0.1) is 0 Å². The number of aromatic nitrogens is 3. The molecule has 2 aromatic carbocycles. The Morgan fingerprint density at radius 3 is 2.37 bits per heavy atom. The molecule has 0 saturated carbocycles. The smallest absolute Gasteiger partial charge is 0.416 e. The number of amides is 1. The van der Waals surface area contributed by atoms with Crippen LogP contribution in [0.3, 0.4) is 0 Å². The zero-order valence-corrected chi connectivity index (χ0v) is 19.1. The van der Waals surface area contributed by atoms with E-state index in [9.17, 15) is 23.1 Å². The molecule has 1 amide bonds. The van der Waals surface area contributed by atoms with Gasteiger partial charge < -0.3 is 14.5 Å². The number of alkyl halides is 3. The number of carbonyl (C=O) groups is 1. The van der Waals surface area contributed by atoms with Gasteiger partial charge >= 0.3 is 18.0 Å². The first kappa shape index (κ1) is 24.5. The van der Waals surface area contributed by atoms with Crippen molar-refractivity contribution in [2.75, 3.05) is 0 Å². The van der Waals surface area contributed by atoms with Crippen LogP contribution in [0.25, 0.3) is 11.4 Å². The zero-order valence-electron chi connectivity index (χ0n) is 17.6. The third-order valence-corrected chi connectivity index (χ3v) is 5.47. The first-order chi connectivity index (χ1) is 16.6. The van der Waals surface area contributed by atoms with E-state index in [-0.39, 0.29) is 45.8 Å². The van der Waals surface area contributed by atoms with Gasteiger partial charge in [-0.25, -0.2) is 0 Å². The van der Waals surface area contributed by atoms with Gasteiger partial charge in [0.05, 0.1) is 15.6 Å². The highest BCUT2D eigenvalue weighted by atomic mass is 35.5. The fraction of sp³-hybridized carbons (Fsp3) is 0.130. The number of benzene rings is 2. The number of hydrogen-bond donors (Lipinski definition) is 1. The maximum Gasteiger partial charge on any atom is 0.416 e. The van der Waals surface area contributed by atoms with Gasteiger partial charge in [-0.1, -0.05) is 46.6 Å². The number of rotatable bonds is 6. The van der Waals surface area contributed by atoms with Crippen molar-refractivity contribution in [2.24, 2.45) is 0 Å². The van der Waals surface area contributed by atoms with Crippen molar-refractivity contribution in [3.8, 4) is 17.1 Å². The van der Waals surface area contributed by atoms with E-state index in [2.05, 4.69) is 15.1 Å². The lowest BCUT2D eigenvalue weighted by Gasteiger charge is -2.21. The zero-order chi connectivity index (χ0) is 25.2. The lowest BCUT2D eigenvalue weighted by molar-refractivity contribution is -0.137. The normalized spacial score (nSPS) is 11.5. The first-order valence-corrected chi connectivity index (χ1v) is 10.7. The van der Waals surface area contributed by atoms with Crippen molar-refractivity contribution in [1.29, 1.82) is 0 Å². The maximum atomic E-state index is 13.3. The van der Waals surface area contributed by atoms with E-state index in [0.29, 0.717) is 5.56 Å². The summed E-state index contributed by atoms with van der Waals surface area (Å²) in [6.45, 7) is -0.135. The molecule has 0 aliphatic carbocycles. The number of pyridine rings is 1.